The number of benzene rings is 2. The monoisotopic (exact) mass is 365 g/mol. The molecule has 0 fully saturated rings. The Morgan fingerprint density at radius 1 is 1.15 bits per heavy atom. The summed E-state index contributed by atoms with van der Waals surface area (Å²) in [6.07, 6.45) is 0. The molecule has 0 saturated carbocycles. The fourth-order valence-corrected chi connectivity index (χ4v) is 2.75. The Labute approximate surface area is 158 Å². The molecule has 0 unspecified atom stereocenters. The van der Waals surface area contributed by atoms with Crippen LogP contribution in [-0.4, -0.2) is 34.6 Å². The van der Waals surface area contributed by atoms with Crippen LogP contribution < -0.4 is 15.4 Å². The highest BCUT2D eigenvalue weighted by atomic mass is 16.5. The first kappa shape index (κ1) is 18.6. The Bertz CT molecular complexity index is 918. The molecular formula is C20H23N5O2. The standard InChI is InChI=1S/C20H23N5O2/c1-4-21-13-15-7-5-6-8-18(15)22-20(26)19-14(2)25(24-23-19)16-9-11-17(27-3)12-10-16/h5-12,21H,4,13H2,1-3H3,(H,22,26). The van der Waals surface area contributed by atoms with Crippen LogP contribution in [0.4, 0.5) is 5.69 Å². The molecule has 7 nitrogen and oxygen atoms in total. The van der Waals surface area contributed by atoms with E-state index in [0.29, 0.717) is 17.9 Å². The van der Waals surface area contributed by atoms with E-state index in [0.717, 1.165) is 29.2 Å². The third kappa shape index (κ3) is 4.15. The van der Waals surface area contributed by atoms with E-state index >= 15 is 0 Å². The van der Waals surface area contributed by atoms with Gasteiger partial charge in [0.2, 0.25) is 0 Å². The fourth-order valence-electron chi connectivity index (χ4n) is 2.75. The lowest BCUT2D eigenvalue weighted by Crippen LogP contribution is -2.18. The third-order valence-corrected chi connectivity index (χ3v) is 4.26. The predicted molar refractivity (Wildman–Crippen MR) is 104 cm³/mol. The van der Waals surface area contributed by atoms with Gasteiger partial charge in [0.15, 0.2) is 5.69 Å². The maximum atomic E-state index is 12.7. The van der Waals surface area contributed by atoms with Gasteiger partial charge in [-0.1, -0.05) is 30.3 Å². The van der Waals surface area contributed by atoms with Crippen LogP contribution >= 0.6 is 0 Å². The molecule has 1 heterocycles. The zero-order valence-electron chi connectivity index (χ0n) is 15.7. The summed E-state index contributed by atoms with van der Waals surface area (Å²) < 4.78 is 6.81. The van der Waals surface area contributed by atoms with E-state index in [2.05, 4.69) is 20.9 Å². The Hall–Kier alpha value is -3.19. The van der Waals surface area contributed by atoms with Crippen molar-refractivity contribution in [2.24, 2.45) is 0 Å². The predicted octanol–water partition coefficient (Wildman–Crippen LogP) is 2.95. The van der Waals surface area contributed by atoms with Gasteiger partial charge in [-0.05, 0) is 49.4 Å². The number of aromatic nitrogens is 3. The normalized spacial score (nSPS) is 10.6. The van der Waals surface area contributed by atoms with Crippen LogP contribution in [0, 0.1) is 6.92 Å². The Morgan fingerprint density at radius 3 is 2.59 bits per heavy atom. The number of carbonyl (C=O) groups is 1. The second-order valence-corrected chi connectivity index (χ2v) is 6.02. The molecular weight excluding hydrogens is 342 g/mol. The van der Waals surface area contributed by atoms with E-state index in [9.17, 15) is 4.79 Å². The fraction of sp³-hybridized carbons (Fsp3) is 0.250. The summed E-state index contributed by atoms with van der Waals surface area (Å²) in [7, 11) is 1.62. The largest absolute Gasteiger partial charge is 0.497 e. The molecule has 0 saturated heterocycles. The number of nitrogens with zero attached hydrogens (tertiary/aromatic N) is 3. The van der Waals surface area contributed by atoms with E-state index < -0.39 is 0 Å². The maximum absolute atomic E-state index is 12.7. The summed E-state index contributed by atoms with van der Waals surface area (Å²) in [4.78, 5) is 12.7. The first-order chi connectivity index (χ1) is 13.1. The van der Waals surface area contributed by atoms with Crippen molar-refractivity contribution in [1.82, 2.24) is 20.3 Å². The number of carbonyl (C=O) groups excluding carboxylic acids is 1. The first-order valence-electron chi connectivity index (χ1n) is 8.80. The van der Waals surface area contributed by atoms with Gasteiger partial charge < -0.3 is 15.4 Å². The van der Waals surface area contributed by atoms with Crippen molar-refractivity contribution in [1.29, 1.82) is 0 Å². The van der Waals surface area contributed by atoms with Gasteiger partial charge in [-0.2, -0.15) is 0 Å². The molecule has 0 aliphatic rings. The van der Waals surface area contributed by atoms with Crippen molar-refractivity contribution in [3.05, 3.63) is 65.5 Å². The van der Waals surface area contributed by atoms with Gasteiger partial charge in [-0.25, -0.2) is 4.68 Å². The minimum absolute atomic E-state index is 0.281. The molecule has 1 aromatic heterocycles. The van der Waals surface area contributed by atoms with Crippen LogP contribution in [0.25, 0.3) is 5.69 Å². The molecule has 0 atom stereocenters. The Kier molecular flexibility index (Phi) is 5.83. The quantitative estimate of drug-likeness (QED) is 0.673. The molecule has 2 N–H and O–H groups in total. The van der Waals surface area contributed by atoms with Crippen molar-refractivity contribution in [3.63, 3.8) is 0 Å². The van der Waals surface area contributed by atoms with E-state index in [1.807, 2.05) is 62.4 Å². The molecule has 0 aliphatic heterocycles. The molecule has 7 heteroatoms. The average Bonchev–Trinajstić information content (AvgIpc) is 3.09. The van der Waals surface area contributed by atoms with Crippen molar-refractivity contribution >= 4 is 11.6 Å². The van der Waals surface area contributed by atoms with Crippen LogP contribution in [-0.2, 0) is 6.54 Å². The van der Waals surface area contributed by atoms with E-state index in [4.69, 9.17) is 4.74 Å². The zero-order valence-corrected chi connectivity index (χ0v) is 15.7. The van der Waals surface area contributed by atoms with Crippen LogP contribution in [0.5, 0.6) is 5.75 Å². The van der Waals surface area contributed by atoms with E-state index in [1.54, 1.807) is 11.8 Å². The van der Waals surface area contributed by atoms with Crippen LogP contribution in [0.2, 0.25) is 0 Å². The van der Waals surface area contributed by atoms with Crippen molar-refractivity contribution < 1.29 is 9.53 Å². The van der Waals surface area contributed by atoms with Crippen molar-refractivity contribution in [2.45, 2.75) is 20.4 Å². The molecule has 1 amide bonds. The zero-order chi connectivity index (χ0) is 19.2. The number of anilines is 1. The second kappa shape index (κ2) is 8.46. The molecule has 140 valence electrons. The number of nitrogens with one attached hydrogen (secondary N) is 2. The number of methoxy groups -OCH3 is 1. The van der Waals surface area contributed by atoms with E-state index in [-0.39, 0.29) is 5.91 Å². The van der Waals surface area contributed by atoms with Crippen molar-refractivity contribution in [3.8, 4) is 11.4 Å². The minimum atomic E-state index is -0.281. The minimum Gasteiger partial charge on any atom is -0.497 e. The second-order valence-electron chi connectivity index (χ2n) is 6.02. The lowest BCUT2D eigenvalue weighted by molar-refractivity contribution is 0.102. The van der Waals surface area contributed by atoms with Crippen LogP contribution in [0.15, 0.2) is 48.5 Å². The molecule has 3 rings (SSSR count). The lowest BCUT2D eigenvalue weighted by atomic mass is 10.1. The topological polar surface area (TPSA) is 81.1 Å². The van der Waals surface area contributed by atoms with Crippen LogP contribution in [0.3, 0.4) is 0 Å². The van der Waals surface area contributed by atoms with Gasteiger partial charge in [0.05, 0.1) is 18.5 Å². The smallest absolute Gasteiger partial charge is 0.278 e. The highest BCUT2D eigenvalue weighted by Gasteiger charge is 2.18. The first-order valence-corrected chi connectivity index (χ1v) is 8.80. The number of ether oxygens (including phenoxy) is 1. The third-order valence-electron chi connectivity index (χ3n) is 4.26. The van der Waals surface area contributed by atoms with Gasteiger partial charge in [0.25, 0.3) is 5.91 Å². The van der Waals surface area contributed by atoms with Gasteiger partial charge in [-0.3, -0.25) is 4.79 Å². The average molecular weight is 365 g/mol. The number of hydrogen-bond donors (Lipinski definition) is 2. The maximum Gasteiger partial charge on any atom is 0.278 e. The molecule has 0 bridgehead atoms. The SMILES string of the molecule is CCNCc1ccccc1NC(=O)c1nnn(-c2ccc(OC)cc2)c1C. The summed E-state index contributed by atoms with van der Waals surface area (Å²) in [5.74, 6) is 0.475. The van der Waals surface area contributed by atoms with E-state index in [1.165, 1.54) is 0 Å². The van der Waals surface area contributed by atoms with Gasteiger partial charge in [0.1, 0.15) is 5.75 Å². The molecule has 0 spiro atoms. The molecule has 0 aliphatic carbocycles. The Morgan fingerprint density at radius 2 is 1.89 bits per heavy atom. The lowest BCUT2D eigenvalue weighted by Gasteiger charge is -2.11. The highest BCUT2D eigenvalue weighted by molar-refractivity contribution is 6.04. The molecule has 27 heavy (non-hydrogen) atoms. The number of hydrogen-bond acceptors (Lipinski definition) is 5. The van der Waals surface area contributed by atoms with Gasteiger partial charge >= 0.3 is 0 Å². The number of rotatable bonds is 7. The van der Waals surface area contributed by atoms with Gasteiger partial charge in [0, 0.05) is 12.2 Å². The van der Waals surface area contributed by atoms with Crippen molar-refractivity contribution in [2.75, 3.05) is 19.0 Å². The number of para-hydroxylation sites is 1. The summed E-state index contributed by atoms with van der Waals surface area (Å²) in [6.45, 7) is 5.41. The summed E-state index contributed by atoms with van der Waals surface area (Å²) in [5.41, 5.74) is 3.56. The summed E-state index contributed by atoms with van der Waals surface area (Å²) in [5, 5.41) is 14.4. The Balaban J connectivity index is 1.81. The highest BCUT2D eigenvalue weighted by Crippen LogP contribution is 2.19. The number of amides is 1. The molecule has 3 aromatic rings. The van der Waals surface area contributed by atoms with Crippen LogP contribution in [0.1, 0.15) is 28.7 Å². The summed E-state index contributed by atoms with van der Waals surface area (Å²) in [6, 6.07) is 15.1. The van der Waals surface area contributed by atoms with Gasteiger partial charge in [-0.15, -0.1) is 5.10 Å². The molecule has 2 aromatic carbocycles. The molecule has 0 radical (unpaired) electrons. The summed E-state index contributed by atoms with van der Waals surface area (Å²) >= 11 is 0.